The van der Waals surface area contributed by atoms with Gasteiger partial charge in [0.05, 0.1) is 6.04 Å². The minimum atomic E-state index is 0.255. The summed E-state index contributed by atoms with van der Waals surface area (Å²) in [6, 6.07) is 12.7. The molecule has 3 aromatic rings. The minimum absolute atomic E-state index is 0.255. The van der Waals surface area contributed by atoms with E-state index in [9.17, 15) is 0 Å². The molecule has 0 bridgehead atoms. The Kier molecular flexibility index (Phi) is 3.30. The number of hydrogen-bond donors (Lipinski definition) is 3. The van der Waals surface area contributed by atoms with Gasteiger partial charge >= 0.3 is 0 Å². The molecule has 1 aromatic heterocycles. The van der Waals surface area contributed by atoms with Gasteiger partial charge in [-0.15, -0.1) is 0 Å². The zero-order chi connectivity index (χ0) is 16.3. The molecule has 1 fully saturated rings. The van der Waals surface area contributed by atoms with Gasteiger partial charge in [-0.1, -0.05) is 23.2 Å². The fourth-order valence-electron chi connectivity index (χ4n) is 4.30. The van der Waals surface area contributed by atoms with Gasteiger partial charge in [0, 0.05) is 44.8 Å². The molecule has 3 N–H and O–H groups in total. The van der Waals surface area contributed by atoms with Gasteiger partial charge in [0.2, 0.25) is 0 Å². The van der Waals surface area contributed by atoms with Crippen molar-refractivity contribution >= 4 is 39.8 Å². The Morgan fingerprint density at radius 2 is 1.75 bits per heavy atom. The number of fused-ring (bicyclic) bond motifs is 4. The molecule has 0 unspecified atom stereocenters. The van der Waals surface area contributed by atoms with Crippen LogP contribution in [0.25, 0.3) is 10.9 Å². The van der Waals surface area contributed by atoms with Gasteiger partial charge in [0.25, 0.3) is 0 Å². The van der Waals surface area contributed by atoms with Crippen LogP contribution in [0.2, 0.25) is 10.0 Å². The highest BCUT2D eigenvalue weighted by Gasteiger charge is 2.41. The number of H-pyrrole nitrogens is 1. The van der Waals surface area contributed by atoms with Gasteiger partial charge in [-0.3, -0.25) is 0 Å². The van der Waals surface area contributed by atoms with Crippen LogP contribution in [-0.4, -0.2) is 11.5 Å². The summed E-state index contributed by atoms with van der Waals surface area (Å²) in [6.45, 7) is 1.03. The summed E-state index contributed by atoms with van der Waals surface area (Å²) in [5, 5.41) is 10.2. The van der Waals surface area contributed by atoms with Crippen LogP contribution in [0, 0.1) is 5.92 Å². The Hall–Kier alpha value is -1.68. The molecule has 3 heterocycles. The van der Waals surface area contributed by atoms with Crippen molar-refractivity contribution in [3.63, 3.8) is 0 Å². The summed E-state index contributed by atoms with van der Waals surface area (Å²) in [5.74, 6) is 0.494. The number of nitrogens with one attached hydrogen (secondary N) is 3. The molecule has 122 valence electrons. The van der Waals surface area contributed by atoms with Crippen molar-refractivity contribution in [2.45, 2.75) is 18.5 Å². The van der Waals surface area contributed by atoms with Crippen LogP contribution in [-0.2, 0) is 0 Å². The van der Waals surface area contributed by atoms with Crippen LogP contribution >= 0.6 is 23.2 Å². The summed E-state index contributed by atoms with van der Waals surface area (Å²) in [4.78, 5) is 3.39. The van der Waals surface area contributed by atoms with Crippen LogP contribution in [0.15, 0.2) is 42.6 Å². The first-order chi connectivity index (χ1) is 11.7. The Balaban J connectivity index is 1.65. The van der Waals surface area contributed by atoms with Crippen molar-refractivity contribution in [2.24, 2.45) is 5.92 Å². The molecule has 0 aliphatic carbocycles. The molecule has 24 heavy (non-hydrogen) atoms. The molecule has 0 spiro atoms. The van der Waals surface area contributed by atoms with E-state index in [-0.39, 0.29) is 6.04 Å². The van der Waals surface area contributed by atoms with E-state index < -0.39 is 0 Å². The topological polar surface area (TPSA) is 39.9 Å². The number of anilines is 1. The standard InChI is InChI=1S/C19H17Cl2N3/c20-10-1-3-16-13(7-10)15(9-23-16)19-12-5-6-22-18(12)14-8-11(21)2-4-17(14)24-19/h1-4,7-9,12,18-19,22-24H,5-6H2/t12-,18+,19-/m1/s1. The van der Waals surface area contributed by atoms with E-state index in [1.807, 2.05) is 18.2 Å². The lowest BCUT2D eigenvalue weighted by molar-refractivity contribution is 0.392. The second-order valence-corrected chi connectivity index (χ2v) is 7.54. The lowest BCUT2D eigenvalue weighted by atomic mass is 9.80. The maximum atomic E-state index is 6.23. The summed E-state index contributed by atoms with van der Waals surface area (Å²) in [5.41, 5.74) is 4.85. The third kappa shape index (κ3) is 2.16. The van der Waals surface area contributed by atoms with E-state index in [0.717, 1.165) is 34.2 Å². The number of hydrogen-bond acceptors (Lipinski definition) is 2. The Morgan fingerprint density at radius 1 is 0.917 bits per heavy atom. The first-order valence-electron chi connectivity index (χ1n) is 8.26. The molecule has 2 aliphatic heterocycles. The Labute approximate surface area is 150 Å². The van der Waals surface area contributed by atoms with Crippen LogP contribution in [0.3, 0.4) is 0 Å². The highest BCUT2D eigenvalue weighted by atomic mass is 35.5. The average molecular weight is 358 g/mol. The van der Waals surface area contributed by atoms with Gasteiger partial charge in [0.1, 0.15) is 0 Å². The molecule has 2 aromatic carbocycles. The van der Waals surface area contributed by atoms with Crippen molar-refractivity contribution in [1.29, 1.82) is 0 Å². The summed E-state index contributed by atoms with van der Waals surface area (Å²) in [7, 11) is 0. The largest absolute Gasteiger partial charge is 0.378 e. The highest BCUT2D eigenvalue weighted by molar-refractivity contribution is 6.31. The van der Waals surface area contributed by atoms with Gasteiger partial charge in [-0.25, -0.2) is 0 Å². The first-order valence-corrected chi connectivity index (χ1v) is 9.02. The lowest BCUT2D eigenvalue weighted by Gasteiger charge is -2.37. The van der Waals surface area contributed by atoms with E-state index in [2.05, 4.69) is 40.0 Å². The van der Waals surface area contributed by atoms with Crippen molar-refractivity contribution in [2.75, 3.05) is 11.9 Å². The molecule has 3 atom stereocenters. The zero-order valence-electron chi connectivity index (χ0n) is 12.9. The lowest BCUT2D eigenvalue weighted by Crippen LogP contribution is -2.32. The minimum Gasteiger partial charge on any atom is -0.378 e. The fourth-order valence-corrected chi connectivity index (χ4v) is 4.65. The van der Waals surface area contributed by atoms with Crippen LogP contribution < -0.4 is 10.6 Å². The van der Waals surface area contributed by atoms with E-state index in [1.54, 1.807) is 0 Å². The van der Waals surface area contributed by atoms with E-state index in [1.165, 1.54) is 16.5 Å². The quantitative estimate of drug-likeness (QED) is 0.553. The van der Waals surface area contributed by atoms with E-state index in [0.29, 0.717) is 12.0 Å². The number of halogens is 2. The number of aromatic nitrogens is 1. The highest BCUT2D eigenvalue weighted by Crippen LogP contribution is 2.48. The fraction of sp³-hybridized carbons (Fsp3) is 0.263. The maximum absolute atomic E-state index is 6.23. The normalized spacial score (nSPS) is 25.3. The number of benzene rings is 2. The van der Waals surface area contributed by atoms with Crippen molar-refractivity contribution in [3.05, 3.63) is 63.8 Å². The van der Waals surface area contributed by atoms with Crippen LogP contribution in [0.4, 0.5) is 5.69 Å². The smallest absolute Gasteiger partial charge is 0.0581 e. The number of rotatable bonds is 1. The molecule has 0 saturated carbocycles. The average Bonchev–Trinajstić information content (AvgIpc) is 3.21. The zero-order valence-corrected chi connectivity index (χ0v) is 14.5. The SMILES string of the molecule is Clc1ccc2c(c1)[C@H]1NCC[C@H]1[C@H](c1c[nH]c3ccc(Cl)cc13)N2. The van der Waals surface area contributed by atoms with Crippen LogP contribution in [0.1, 0.15) is 29.6 Å². The molecule has 3 nitrogen and oxygen atoms in total. The first kappa shape index (κ1) is 14.6. The summed E-state index contributed by atoms with van der Waals surface area (Å²) < 4.78 is 0. The molecule has 2 aliphatic rings. The second-order valence-electron chi connectivity index (χ2n) is 6.67. The van der Waals surface area contributed by atoms with Crippen molar-refractivity contribution < 1.29 is 0 Å². The van der Waals surface area contributed by atoms with Gasteiger partial charge in [-0.2, -0.15) is 0 Å². The van der Waals surface area contributed by atoms with Gasteiger partial charge < -0.3 is 15.6 Å². The Bertz CT molecular complexity index is 934. The monoisotopic (exact) mass is 357 g/mol. The third-order valence-electron chi connectivity index (χ3n) is 5.37. The summed E-state index contributed by atoms with van der Waals surface area (Å²) in [6.07, 6.45) is 3.26. The third-order valence-corrected chi connectivity index (χ3v) is 5.84. The van der Waals surface area contributed by atoms with E-state index >= 15 is 0 Å². The second kappa shape index (κ2) is 5.41. The molecule has 0 radical (unpaired) electrons. The van der Waals surface area contributed by atoms with Gasteiger partial charge in [-0.05, 0) is 60.5 Å². The predicted molar refractivity (Wildman–Crippen MR) is 100.0 cm³/mol. The molecule has 1 saturated heterocycles. The molecule has 5 rings (SSSR count). The van der Waals surface area contributed by atoms with E-state index in [4.69, 9.17) is 23.2 Å². The van der Waals surface area contributed by atoms with Crippen molar-refractivity contribution in [3.8, 4) is 0 Å². The Morgan fingerprint density at radius 3 is 2.67 bits per heavy atom. The summed E-state index contributed by atoms with van der Waals surface area (Å²) >= 11 is 12.5. The van der Waals surface area contributed by atoms with Crippen LogP contribution in [0.5, 0.6) is 0 Å². The number of aromatic amines is 1. The molecular formula is C19H17Cl2N3. The molecule has 5 heteroatoms. The van der Waals surface area contributed by atoms with Crippen molar-refractivity contribution in [1.82, 2.24) is 10.3 Å². The maximum Gasteiger partial charge on any atom is 0.0581 e. The predicted octanol–water partition coefficient (Wildman–Crippen LogP) is 5.29. The molecular weight excluding hydrogens is 341 g/mol. The van der Waals surface area contributed by atoms with Gasteiger partial charge in [0.15, 0.2) is 0 Å². The molecule has 0 amide bonds.